The molecule has 1 aliphatic heterocycles. The molecular formula is C37H31Cl3N2O5S. The van der Waals surface area contributed by atoms with Crippen molar-refractivity contribution < 1.29 is 22.7 Å². The molecule has 0 spiro atoms. The standard InChI is InChI=1S/C37H31Cl3N2O5S/c1-46-34-20-26-18-19-41(36(31(26)22-35(34)47-2)25-8-10-27(38)11-9-25)37(43)32-21-30(16-17-33(32)40)48(44,45)42(23-24-6-4-3-5-7-24)29-14-12-28(39)13-15-29/h3-17,20-22,36H,18-19,23H2,1-2H3. The highest BCUT2D eigenvalue weighted by atomic mass is 35.5. The summed E-state index contributed by atoms with van der Waals surface area (Å²) in [6, 6.07) is 30.6. The van der Waals surface area contributed by atoms with Gasteiger partial charge in [0.1, 0.15) is 0 Å². The number of amides is 1. The molecule has 0 radical (unpaired) electrons. The molecule has 1 unspecified atom stereocenters. The average Bonchev–Trinajstić information content (AvgIpc) is 3.10. The first-order chi connectivity index (χ1) is 23.1. The molecule has 0 aliphatic carbocycles. The van der Waals surface area contributed by atoms with Crippen molar-refractivity contribution in [3.05, 3.63) is 152 Å². The minimum absolute atomic E-state index is 0.0591. The summed E-state index contributed by atoms with van der Waals surface area (Å²) in [4.78, 5) is 16.2. The van der Waals surface area contributed by atoms with Gasteiger partial charge in [-0.05, 0) is 95.4 Å². The summed E-state index contributed by atoms with van der Waals surface area (Å²) in [6.07, 6.45) is 0.530. The normalized spacial score (nSPS) is 14.3. The number of anilines is 1. The summed E-state index contributed by atoms with van der Waals surface area (Å²) < 4.78 is 41.2. The van der Waals surface area contributed by atoms with E-state index in [9.17, 15) is 13.2 Å². The van der Waals surface area contributed by atoms with Crippen molar-refractivity contribution in [3.63, 3.8) is 0 Å². The molecule has 5 aromatic rings. The molecule has 0 aromatic heterocycles. The maximum Gasteiger partial charge on any atom is 0.264 e. The molecule has 1 aliphatic rings. The third kappa shape index (κ3) is 6.71. The maximum absolute atomic E-state index is 14.5. The molecule has 0 bridgehead atoms. The monoisotopic (exact) mass is 720 g/mol. The van der Waals surface area contributed by atoms with Gasteiger partial charge in [-0.15, -0.1) is 0 Å². The van der Waals surface area contributed by atoms with Gasteiger partial charge in [0.05, 0.1) is 48.0 Å². The Morgan fingerprint density at radius 3 is 2.08 bits per heavy atom. The second kappa shape index (κ2) is 14.1. The number of benzene rings is 5. The highest BCUT2D eigenvalue weighted by Gasteiger charge is 2.35. The number of halogens is 3. The first kappa shape index (κ1) is 33.7. The Balaban J connectivity index is 1.43. The number of ether oxygens (including phenoxy) is 2. The van der Waals surface area contributed by atoms with E-state index in [4.69, 9.17) is 44.3 Å². The van der Waals surface area contributed by atoms with Gasteiger partial charge in [-0.1, -0.05) is 77.3 Å². The van der Waals surface area contributed by atoms with E-state index in [1.165, 1.54) is 22.5 Å². The molecule has 246 valence electrons. The predicted molar refractivity (Wildman–Crippen MR) is 190 cm³/mol. The van der Waals surface area contributed by atoms with Gasteiger partial charge in [0.15, 0.2) is 11.5 Å². The van der Waals surface area contributed by atoms with Crippen LogP contribution >= 0.6 is 34.8 Å². The number of nitrogens with zero attached hydrogens (tertiary/aromatic N) is 2. The second-order valence-electron chi connectivity index (χ2n) is 11.2. The van der Waals surface area contributed by atoms with E-state index in [0.717, 1.165) is 22.3 Å². The molecule has 7 nitrogen and oxygen atoms in total. The number of hydrogen-bond acceptors (Lipinski definition) is 5. The van der Waals surface area contributed by atoms with Gasteiger partial charge in [0.2, 0.25) is 0 Å². The number of sulfonamides is 1. The van der Waals surface area contributed by atoms with Gasteiger partial charge in [-0.2, -0.15) is 0 Å². The predicted octanol–water partition coefficient (Wildman–Crippen LogP) is 8.85. The third-order valence-electron chi connectivity index (χ3n) is 8.36. The number of fused-ring (bicyclic) bond motifs is 1. The zero-order chi connectivity index (χ0) is 34.0. The molecule has 0 saturated carbocycles. The van der Waals surface area contributed by atoms with Crippen LogP contribution in [0.4, 0.5) is 5.69 Å². The third-order valence-corrected chi connectivity index (χ3v) is 11.0. The lowest BCUT2D eigenvalue weighted by Gasteiger charge is -2.38. The van der Waals surface area contributed by atoms with Crippen LogP contribution in [0.1, 0.15) is 38.7 Å². The van der Waals surface area contributed by atoms with Crippen LogP contribution in [0.15, 0.2) is 114 Å². The van der Waals surface area contributed by atoms with Crippen LogP contribution in [0.3, 0.4) is 0 Å². The molecule has 1 heterocycles. The van der Waals surface area contributed by atoms with Crippen molar-refractivity contribution in [1.82, 2.24) is 4.90 Å². The van der Waals surface area contributed by atoms with E-state index >= 15 is 0 Å². The van der Waals surface area contributed by atoms with Crippen LogP contribution in [0, 0.1) is 0 Å². The van der Waals surface area contributed by atoms with Crippen LogP contribution in [0.25, 0.3) is 0 Å². The van der Waals surface area contributed by atoms with Crippen LogP contribution in [0.5, 0.6) is 11.5 Å². The Morgan fingerprint density at radius 2 is 1.44 bits per heavy atom. The summed E-state index contributed by atoms with van der Waals surface area (Å²) in [7, 11) is -1.05. The molecule has 0 fully saturated rings. The fourth-order valence-electron chi connectivity index (χ4n) is 5.95. The van der Waals surface area contributed by atoms with Gasteiger partial charge < -0.3 is 14.4 Å². The second-order valence-corrected chi connectivity index (χ2v) is 14.4. The van der Waals surface area contributed by atoms with Crippen LogP contribution < -0.4 is 13.8 Å². The van der Waals surface area contributed by atoms with Crippen molar-refractivity contribution in [3.8, 4) is 11.5 Å². The Kier molecular flexibility index (Phi) is 9.90. The molecule has 5 aromatic carbocycles. The van der Waals surface area contributed by atoms with E-state index in [2.05, 4.69) is 0 Å². The van der Waals surface area contributed by atoms with E-state index in [0.29, 0.717) is 40.2 Å². The minimum Gasteiger partial charge on any atom is -0.493 e. The topological polar surface area (TPSA) is 76.1 Å². The fraction of sp³-hybridized carbons (Fsp3) is 0.162. The van der Waals surface area contributed by atoms with Crippen LogP contribution in [-0.2, 0) is 23.0 Å². The molecule has 0 saturated heterocycles. The number of carbonyl (C=O) groups is 1. The van der Waals surface area contributed by atoms with E-state index in [1.807, 2.05) is 54.6 Å². The van der Waals surface area contributed by atoms with E-state index in [-0.39, 0.29) is 22.0 Å². The number of hydrogen-bond donors (Lipinski definition) is 0. The van der Waals surface area contributed by atoms with Crippen LogP contribution in [0.2, 0.25) is 15.1 Å². The molecule has 11 heteroatoms. The lowest BCUT2D eigenvalue weighted by Crippen LogP contribution is -2.41. The summed E-state index contributed by atoms with van der Waals surface area (Å²) in [6.45, 7) is 0.399. The Labute approximate surface area is 295 Å². The number of rotatable bonds is 9. The van der Waals surface area contributed by atoms with E-state index in [1.54, 1.807) is 55.5 Å². The Bertz CT molecular complexity index is 2060. The summed E-state index contributed by atoms with van der Waals surface area (Å²) >= 11 is 19.1. The van der Waals surface area contributed by atoms with Gasteiger partial charge in [-0.25, -0.2) is 8.42 Å². The maximum atomic E-state index is 14.5. The smallest absolute Gasteiger partial charge is 0.264 e. The lowest BCUT2D eigenvalue weighted by molar-refractivity contribution is 0.0694. The van der Waals surface area contributed by atoms with Crippen molar-refractivity contribution in [2.45, 2.75) is 23.9 Å². The first-order valence-electron chi connectivity index (χ1n) is 15.0. The fourth-order valence-corrected chi connectivity index (χ4v) is 7.88. The minimum atomic E-state index is -4.19. The van der Waals surface area contributed by atoms with Crippen molar-refractivity contribution in [1.29, 1.82) is 0 Å². The van der Waals surface area contributed by atoms with Crippen molar-refractivity contribution in [2.75, 3.05) is 25.1 Å². The quantitative estimate of drug-likeness (QED) is 0.152. The zero-order valence-electron chi connectivity index (χ0n) is 26.1. The van der Waals surface area contributed by atoms with Gasteiger partial charge >= 0.3 is 0 Å². The van der Waals surface area contributed by atoms with E-state index < -0.39 is 22.0 Å². The Hall–Kier alpha value is -4.21. The molecular weight excluding hydrogens is 691 g/mol. The average molecular weight is 722 g/mol. The lowest BCUT2D eigenvalue weighted by atomic mass is 9.87. The largest absolute Gasteiger partial charge is 0.493 e. The summed E-state index contributed by atoms with van der Waals surface area (Å²) in [5, 5.41) is 1.17. The first-order valence-corrected chi connectivity index (χ1v) is 17.6. The zero-order valence-corrected chi connectivity index (χ0v) is 29.2. The molecule has 1 atom stereocenters. The molecule has 1 amide bonds. The molecule has 6 rings (SSSR count). The highest BCUT2D eigenvalue weighted by molar-refractivity contribution is 7.92. The number of carbonyl (C=O) groups excluding carboxylic acids is 1. The molecule has 48 heavy (non-hydrogen) atoms. The van der Waals surface area contributed by atoms with Crippen molar-refractivity contribution >= 4 is 56.4 Å². The van der Waals surface area contributed by atoms with Gasteiger partial charge in [0.25, 0.3) is 15.9 Å². The summed E-state index contributed by atoms with van der Waals surface area (Å²) in [5.74, 6) is 0.697. The molecule has 0 N–H and O–H groups in total. The Morgan fingerprint density at radius 1 is 0.812 bits per heavy atom. The van der Waals surface area contributed by atoms with Gasteiger partial charge in [0, 0.05) is 16.6 Å². The highest BCUT2D eigenvalue weighted by Crippen LogP contribution is 2.42. The van der Waals surface area contributed by atoms with Crippen molar-refractivity contribution in [2.24, 2.45) is 0 Å². The summed E-state index contributed by atoms with van der Waals surface area (Å²) in [5.41, 5.74) is 3.94. The van der Waals surface area contributed by atoms with Crippen LogP contribution in [-0.4, -0.2) is 40.0 Å². The SMILES string of the molecule is COc1cc2c(cc1OC)C(c1ccc(Cl)cc1)N(C(=O)c1cc(S(=O)(=O)N(Cc3ccccc3)c3ccc(Cl)cc3)ccc1Cl)CC2. The van der Waals surface area contributed by atoms with Gasteiger partial charge in [-0.3, -0.25) is 9.10 Å². The number of methoxy groups -OCH3 is 2.